The van der Waals surface area contributed by atoms with Crippen LogP contribution in [0.5, 0.6) is 0 Å². The molecular formula is C18H16OS. The summed E-state index contributed by atoms with van der Waals surface area (Å²) in [5, 5.41) is 12.7. The summed E-state index contributed by atoms with van der Waals surface area (Å²) in [5.74, 6) is 0. The maximum absolute atomic E-state index is 10.7. The van der Waals surface area contributed by atoms with Crippen molar-refractivity contribution in [2.45, 2.75) is 12.5 Å². The van der Waals surface area contributed by atoms with E-state index in [-0.39, 0.29) is 0 Å². The fourth-order valence-electron chi connectivity index (χ4n) is 2.32. The van der Waals surface area contributed by atoms with Crippen LogP contribution in [-0.2, 0) is 5.60 Å². The number of benzene rings is 2. The molecule has 0 fully saturated rings. The predicted octanol–water partition coefficient (Wildman–Crippen LogP) is 4.67. The lowest BCUT2D eigenvalue weighted by Crippen LogP contribution is -2.21. The van der Waals surface area contributed by atoms with Gasteiger partial charge in [-0.2, -0.15) is 0 Å². The molecule has 0 saturated carbocycles. The van der Waals surface area contributed by atoms with E-state index in [1.807, 2.05) is 54.8 Å². The summed E-state index contributed by atoms with van der Waals surface area (Å²) in [6.45, 7) is 1.84. The van der Waals surface area contributed by atoms with Crippen LogP contribution in [0.2, 0.25) is 0 Å². The Labute approximate surface area is 123 Å². The molecule has 1 aromatic heterocycles. The molecule has 0 radical (unpaired) electrons. The van der Waals surface area contributed by atoms with E-state index in [9.17, 15) is 5.11 Å². The molecule has 1 atom stereocenters. The highest BCUT2D eigenvalue weighted by atomic mass is 32.1. The fraction of sp³-hybridized carbons (Fsp3) is 0.111. The molecule has 1 nitrogen and oxygen atoms in total. The average Bonchev–Trinajstić information content (AvgIpc) is 3.03. The molecule has 1 heterocycles. The van der Waals surface area contributed by atoms with Crippen LogP contribution in [0.1, 0.15) is 17.4 Å². The van der Waals surface area contributed by atoms with Crippen molar-refractivity contribution < 1.29 is 5.11 Å². The van der Waals surface area contributed by atoms with E-state index in [0.717, 1.165) is 16.0 Å². The Hall–Kier alpha value is -1.90. The minimum atomic E-state index is -0.927. The number of hydrogen-bond acceptors (Lipinski definition) is 2. The van der Waals surface area contributed by atoms with Crippen molar-refractivity contribution in [1.82, 2.24) is 0 Å². The second-order valence-electron chi connectivity index (χ2n) is 4.99. The van der Waals surface area contributed by atoms with Crippen molar-refractivity contribution in [3.05, 3.63) is 82.6 Å². The Kier molecular flexibility index (Phi) is 3.43. The first-order valence-corrected chi connectivity index (χ1v) is 7.48. The lowest BCUT2D eigenvalue weighted by molar-refractivity contribution is 0.106. The summed E-state index contributed by atoms with van der Waals surface area (Å²) in [6, 6.07) is 22.3. The van der Waals surface area contributed by atoms with Crippen molar-refractivity contribution in [3.63, 3.8) is 0 Å². The van der Waals surface area contributed by atoms with Crippen LogP contribution in [0.4, 0.5) is 0 Å². The molecule has 3 rings (SSSR count). The molecule has 1 N–H and O–H groups in total. The first kappa shape index (κ1) is 13.1. The number of rotatable bonds is 3. The molecule has 100 valence electrons. The van der Waals surface area contributed by atoms with Gasteiger partial charge in [-0.05, 0) is 35.1 Å². The van der Waals surface area contributed by atoms with E-state index in [2.05, 4.69) is 24.3 Å². The zero-order valence-corrected chi connectivity index (χ0v) is 12.1. The third kappa shape index (κ3) is 2.40. The summed E-state index contributed by atoms with van der Waals surface area (Å²) < 4.78 is 0. The molecule has 20 heavy (non-hydrogen) atoms. The second-order valence-corrected chi connectivity index (χ2v) is 5.94. The van der Waals surface area contributed by atoms with Gasteiger partial charge in [-0.1, -0.05) is 60.7 Å². The molecule has 3 aromatic rings. The van der Waals surface area contributed by atoms with Crippen LogP contribution in [0.25, 0.3) is 11.1 Å². The maximum atomic E-state index is 10.7. The minimum absolute atomic E-state index is 0.916. The van der Waals surface area contributed by atoms with Gasteiger partial charge in [0.15, 0.2) is 0 Å². The van der Waals surface area contributed by atoms with Gasteiger partial charge in [0.05, 0.1) is 0 Å². The maximum Gasteiger partial charge on any atom is 0.121 e. The minimum Gasteiger partial charge on any atom is -0.380 e. The number of thiophene rings is 1. The Morgan fingerprint density at radius 1 is 0.800 bits per heavy atom. The van der Waals surface area contributed by atoms with Gasteiger partial charge in [0.2, 0.25) is 0 Å². The monoisotopic (exact) mass is 280 g/mol. The van der Waals surface area contributed by atoms with Gasteiger partial charge < -0.3 is 5.11 Å². The lowest BCUT2D eigenvalue weighted by atomic mass is 9.92. The number of aliphatic hydroxyl groups is 1. The fourth-order valence-corrected chi connectivity index (χ4v) is 3.12. The molecule has 0 aliphatic rings. The zero-order valence-electron chi connectivity index (χ0n) is 11.3. The first-order chi connectivity index (χ1) is 9.68. The summed E-state index contributed by atoms with van der Waals surface area (Å²) >= 11 is 1.58. The van der Waals surface area contributed by atoms with Gasteiger partial charge in [-0.15, -0.1) is 11.3 Å². The third-order valence-corrected chi connectivity index (χ3v) is 4.64. The predicted molar refractivity (Wildman–Crippen MR) is 84.9 cm³/mol. The molecule has 0 amide bonds. The molecule has 2 aromatic carbocycles. The molecule has 0 aliphatic heterocycles. The molecule has 1 unspecified atom stereocenters. The molecule has 2 heteroatoms. The van der Waals surface area contributed by atoms with E-state index in [1.165, 1.54) is 5.56 Å². The van der Waals surface area contributed by atoms with E-state index < -0.39 is 5.60 Å². The summed E-state index contributed by atoms with van der Waals surface area (Å²) in [7, 11) is 0. The van der Waals surface area contributed by atoms with Crippen LogP contribution in [-0.4, -0.2) is 5.11 Å². The van der Waals surface area contributed by atoms with Gasteiger partial charge >= 0.3 is 0 Å². The van der Waals surface area contributed by atoms with Crippen LogP contribution in [0.3, 0.4) is 0 Å². The summed E-state index contributed by atoms with van der Waals surface area (Å²) in [4.78, 5) is 0.963. The van der Waals surface area contributed by atoms with Gasteiger partial charge in [-0.25, -0.2) is 0 Å². The molecule has 0 spiro atoms. The van der Waals surface area contributed by atoms with Crippen molar-refractivity contribution in [2.75, 3.05) is 0 Å². The normalized spacial score (nSPS) is 13.9. The Bertz CT molecular complexity index is 667. The van der Waals surface area contributed by atoms with Crippen molar-refractivity contribution in [3.8, 4) is 11.1 Å². The smallest absolute Gasteiger partial charge is 0.121 e. The van der Waals surface area contributed by atoms with E-state index in [4.69, 9.17) is 0 Å². The lowest BCUT2D eigenvalue weighted by Gasteiger charge is -2.22. The molecule has 0 aliphatic carbocycles. The van der Waals surface area contributed by atoms with E-state index in [0.29, 0.717) is 0 Å². The van der Waals surface area contributed by atoms with Crippen LogP contribution in [0.15, 0.2) is 72.1 Å². The highest BCUT2D eigenvalue weighted by Crippen LogP contribution is 2.33. The molecule has 0 bridgehead atoms. The Morgan fingerprint density at radius 3 is 2.05 bits per heavy atom. The summed E-state index contributed by atoms with van der Waals surface area (Å²) in [5.41, 5.74) is 2.34. The van der Waals surface area contributed by atoms with E-state index in [1.54, 1.807) is 11.3 Å². The van der Waals surface area contributed by atoms with Gasteiger partial charge in [0.25, 0.3) is 0 Å². The molecular weight excluding hydrogens is 264 g/mol. The quantitative estimate of drug-likeness (QED) is 0.739. The van der Waals surface area contributed by atoms with Crippen molar-refractivity contribution in [1.29, 1.82) is 0 Å². The standard InChI is InChI=1S/C18H16OS/c1-18(19,17-8-5-13-20-17)16-11-9-15(10-12-16)14-6-3-2-4-7-14/h2-13,19H,1H3. The third-order valence-electron chi connectivity index (χ3n) is 3.56. The van der Waals surface area contributed by atoms with Crippen molar-refractivity contribution >= 4 is 11.3 Å². The Balaban J connectivity index is 1.94. The first-order valence-electron chi connectivity index (χ1n) is 6.60. The van der Waals surface area contributed by atoms with Crippen LogP contribution < -0.4 is 0 Å². The van der Waals surface area contributed by atoms with E-state index >= 15 is 0 Å². The highest BCUT2D eigenvalue weighted by Gasteiger charge is 2.26. The summed E-state index contributed by atoms with van der Waals surface area (Å²) in [6.07, 6.45) is 0. The topological polar surface area (TPSA) is 20.2 Å². The highest BCUT2D eigenvalue weighted by molar-refractivity contribution is 7.10. The number of hydrogen-bond donors (Lipinski definition) is 1. The van der Waals surface area contributed by atoms with Crippen LogP contribution >= 0.6 is 11.3 Å². The van der Waals surface area contributed by atoms with Gasteiger partial charge in [0, 0.05) is 4.88 Å². The van der Waals surface area contributed by atoms with Crippen LogP contribution in [0, 0.1) is 0 Å². The largest absolute Gasteiger partial charge is 0.380 e. The van der Waals surface area contributed by atoms with Gasteiger partial charge in [0.1, 0.15) is 5.60 Å². The Morgan fingerprint density at radius 2 is 1.45 bits per heavy atom. The second kappa shape index (κ2) is 5.23. The SMILES string of the molecule is CC(O)(c1ccc(-c2ccccc2)cc1)c1cccs1. The zero-order chi connectivity index (χ0) is 14.0. The van der Waals surface area contributed by atoms with Crippen molar-refractivity contribution in [2.24, 2.45) is 0 Å². The van der Waals surface area contributed by atoms with Gasteiger partial charge in [-0.3, -0.25) is 0 Å². The molecule has 0 saturated heterocycles. The average molecular weight is 280 g/mol.